The molecule has 0 saturated heterocycles. The van der Waals surface area contributed by atoms with Crippen LogP contribution in [0.4, 0.5) is 5.82 Å². The minimum Gasteiger partial charge on any atom is -0.383 e. The molecule has 2 N–H and O–H groups in total. The van der Waals surface area contributed by atoms with Crippen molar-refractivity contribution in [3.8, 4) is 28.5 Å². The lowest BCUT2D eigenvalue weighted by Crippen LogP contribution is -2.00. The number of anilines is 1. The van der Waals surface area contributed by atoms with Gasteiger partial charge in [-0.15, -0.1) is 0 Å². The summed E-state index contributed by atoms with van der Waals surface area (Å²) in [5.41, 5.74) is 10.1. The lowest BCUT2D eigenvalue weighted by molar-refractivity contribution is 1.30. The maximum absolute atomic E-state index is 9.49. The molecule has 0 amide bonds. The van der Waals surface area contributed by atoms with Gasteiger partial charge in [-0.2, -0.15) is 5.26 Å². The van der Waals surface area contributed by atoms with E-state index in [1.165, 1.54) is 0 Å². The van der Waals surface area contributed by atoms with Crippen LogP contribution in [0.25, 0.3) is 22.4 Å². The molecule has 24 heavy (non-hydrogen) atoms. The number of pyridine rings is 1. The topological polar surface area (TPSA) is 62.7 Å². The number of halogens is 2. The van der Waals surface area contributed by atoms with E-state index in [9.17, 15) is 5.26 Å². The Kier molecular flexibility index (Phi) is 4.44. The van der Waals surface area contributed by atoms with Crippen LogP contribution < -0.4 is 5.73 Å². The Morgan fingerprint density at radius 2 is 1.71 bits per heavy atom. The van der Waals surface area contributed by atoms with Crippen molar-refractivity contribution in [3.63, 3.8) is 0 Å². The van der Waals surface area contributed by atoms with Gasteiger partial charge in [-0.1, -0.05) is 53.0 Å². The van der Waals surface area contributed by atoms with Crippen molar-refractivity contribution >= 4 is 29.0 Å². The van der Waals surface area contributed by atoms with Crippen molar-refractivity contribution in [2.24, 2.45) is 0 Å². The molecule has 0 saturated carbocycles. The second-order valence-corrected chi connectivity index (χ2v) is 6.21. The Morgan fingerprint density at radius 3 is 2.33 bits per heavy atom. The minimum atomic E-state index is 0.155. The zero-order valence-corrected chi connectivity index (χ0v) is 14.4. The Hall–Kier alpha value is -2.54. The van der Waals surface area contributed by atoms with Crippen LogP contribution in [-0.2, 0) is 0 Å². The summed E-state index contributed by atoms with van der Waals surface area (Å²) in [6.07, 6.45) is 0. The number of aryl methyl sites for hydroxylation is 1. The largest absolute Gasteiger partial charge is 0.383 e. The van der Waals surface area contributed by atoms with Gasteiger partial charge in [0.2, 0.25) is 0 Å². The first-order valence-corrected chi connectivity index (χ1v) is 7.99. The highest BCUT2D eigenvalue weighted by molar-refractivity contribution is 6.39. The van der Waals surface area contributed by atoms with Crippen LogP contribution in [0, 0.1) is 18.3 Å². The van der Waals surface area contributed by atoms with Gasteiger partial charge in [0.15, 0.2) is 0 Å². The molecule has 2 aromatic carbocycles. The fourth-order valence-corrected chi connectivity index (χ4v) is 3.19. The molecule has 1 heterocycles. The van der Waals surface area contributed by atoms with E-state index in [0.29, 0.717) is 26.9 Å². The number of rotatable bonds is 2. The lowest BCUT2D eigenvalue weighted by Gasteiger charge is -2.13. The number of hydrogen-bond acceptors (Lipinski definition) is 3. The first kappa shape index (κ1) is 16.3. The Morgan fingerprint density at radius 1 is 1.04 bits per heavy atom. The number of aromatic nitrogens is 1. The van der Waals surface area contributed by atoms with Gasteiger partial charge >= 0.3 is 0 Å². The second kappa shape index (κ2) is 6.52. The SMILES string of the molecule is Cc1cccc(-c2cc(-c3c(Cl)cccc3Cl)c(C#N)c(N)n2)c1. The standard InChI is InChI=1S/C19H13Cl2N3/c1-11-4-2-5-12(8-11)17-9-13(14(10-22)19(23)24-17)18-15(20)6-3-7-16(18)21/h2-9H,1H3,(H2,23,24). The van der Waals surface area contributed by atoms with Crippen molar-refractivity contribution < 1.29 is 0 Å². The van der Waals surface area contributed by atoms with E-state index >= 15 is 0 Å². The zero-order chi connectivity index (χ0) is 17.3. The number of nitriles is 1. The van der Waals surface area contributed by atoms with Crippen molar-refractivity contribution in [3.05, 3.63) is 69.7 Å². The Labute approximate surface area is 150 Å². The molecule has 0 spiro atoms. The molecule has 0 unspecified atom stereocenters. The molecule has 3 nitrogen and oxygen atoms in total. The first-order valence-electron chi connectivity index (χ1n) is 7.23. The van der Waals surface area contributed by atoms with Crippen LogP contribution in [0.3, 0.4) is 0 Å². The van der Waals surface area contributed by atoms with Gasteiger partial charge in [-0.05, 0) is 31.2 Å². The van der Waals surface area contributed by atoms with Crippen molar-refractivity contribution in [2.75, 3.05) is 5.73 Å². The van der Waals surface area contributed by atoms with Crippen molar-refractivity contribution in [1.82, 2.24) is 4.98 Å². The first-order chi connectivity index (χ1) is 11.5. The highest BCUT2D eigenvalue weighted by Crippen LogP contribution is 2.39. The van der Waals surface area contributed by atoms with E-state index in [-0.39, 0.29) is 11.4 Å². The van der Waals surface area contributed by atoms with Crippen LogP contribution in [0.15, 0.2) is 48.5 Å². The summed E-state index contributed by atoms with van der Waals surface area (Å²) in [5, 5.41) is 10.4. The lowest BCUT2D eigenvalue weighted by atomic mass is 9.98. The van der Waals surface area contributed by atoms with Crippen LogP contribution >= 0.6 is 23.2 Å². The van der Waals surface area contributed by atoms with E-state index in [2.05, 4.69) is 11.1 Å². The molecule has 0 fully saturated rings. The maximum Gasteiger partial charge on any atom is 0.142 e. The van der Waals surface area contributed by atoms with Crippen molar-refractivity contribution in [2.45, 2.75) is 6.92 Å². The number of nitrogens with zero attached hydrogens (tertiary/aromatic N) is 2. The summed E-state index contributed by atoms with van der Waals surface area (Å²) in [6.45, 7) is 2.00. The summed E-state index contributed by atoms with van der Waals surface area (Å²) >= 11 is 12.6. The fraction of sp³-hybridized carbons (Fsp3) is 0.0526. The van der Waals surface area contributed by atoms with Crippen LogP contribution in [0.5, 0.6) is 0 Å². The minimum absolute atomic E-state index is 0.155. The van der Waals surface area contributed by atoms with Gasteiger partial charge in [-0.3, -0.25) is 0 Å². The molecule has 3 aromatic rings. The third-order valence-corrected chi connectivity index (χ3v) is 4.34. The zero-order valence-electron chi connectivity index (χ0n) is 12.8. The van der Waals surface area contributed by atoms with Gasteiger partial charge in [-0.25, -0.2) is 4.98 Å². The van der Waals surface area contributed by atoms with Crippen molar-refractivity contribution in [1.29, 1.82) is 5.26 Å². The van der Waals surface area contributed by atoms with Gasteiger partial charge in [0.25, 0.3) is 0 Å². The molecule has 0 atom stereocenters. The summed E-state index contributed by atoms with van der Waals surface area (Å²) < 4.78 is 0. The van der Waals surface area contributed by atoms with E-state index < -0.39 is 0 Å². The fourth-order valence-electron chi connectivity index (χ4n) is 2.59. The molecule has 118 valence electrons. The molecule has 0 radical (unpaired) electrons. The van der Waals surface area contributed by atoms with Crippen LogP contribution in [-0.4, -0.2) is 4.98 Å². The van der Waals surface area contributed by atoms with Gasteiger partial charge < -0.3 is 5.73 Å². The monoisotopic (exact) mass is 353 g/mol. The smallest absolute Gasteiger partial charge is 0.142 e. The Balaban J connectivity index is 2.32. The normalized spacial score (nSPS) is 10.4. The van der Waals surface area contributed by atoms with E-state index in [1.54, 1.807) is 24.3 Å². The molecule has 0 aliphatic carbocycles. The predicted octanol–water partition coefficient (Wildman–Crippen LogP) is 5.48. The van der Waals surface area contributed by atoms with Gasteiger partial charge in [0.05, 0.1) is 5.69 Å². The predicted molar refractivity (Wildman–Crippen MR) is 99.0 cm³/mol. The van der Waals surface area contributed by atoms with Crippen LogP contribution in [0.2, 0.25) is 10.0 Å². The van der Waals surface area contributed by atoms with Gasteiger partial charge in [0.1, 0.15) is 17.5 Å². The molecular formula is C19H13Cl2N3. The molecule has 3 rings (SSSR count). The van der Waals surface area contributed by atoms with Gasteiger partial charge in [0, 0.05) is 26.7 Å². The number of nitrogen functional groups attached to an aromatic ring is 1. The summed E-state index contributed by atoms with van der Waals surface area (Å²) in [5.74, 6) is 0.155. The molecule has 0 aliphatic heterocycles. The Bertz CT molecular complexity index is 955. The molecular weight excluding hydrogens is 341 g/mol. The third kappa shape index (κ3) is 2.94. The summed E-state index contributed by atoms with van der Waals surface area (Å²) in [6, 6.07) is 17.0. The highest BCUT2D eigenvalue weighted by Gasteiger charge is 2.17. The highest BCUT2D eigenvalue weighted by atomic mass is 35.5. The summed E-state index contributed by atoms with van der Waals surface area (Å²) in [4.78, 5) is 4.37. The molecule has 1 aromatic heterocycles. The number of benzene rings is 2. The van der Waals surface area contributed by atoms with E-state index in [1.807, 2.05) is 31.2 Å². The second-order valence-electron chi connectivity index (χ2n) is 5.39. The quantitative estimate of drug-likeness (QED) is 0.662. The maximum atomic E-state index is 9.49. The van der Waals surface area contributed by atoms with E-state index in [0.717, 1.165) is 11.1 Å². The number of nitrogens with two attached hydrogens (primary N) is 1. The molecule has 5 heteroatoms. The molecule has 0 bridgehead atoms. The third-order valence-electron chi connectivity index (χ3n) is 3.71. The number of hydrogen-bond donors (Lipinski definition) is 1. The average molecular weight is 354 g/mol. The molecule has 0 aliphatic rings. The van der Waals surface area contributed by atoms with Crippen LogP contribution in [0.1, 0.15) is 11.1 Å². The average Bonchev–Trinajstić information content (AvgIpc) is 2.54. The van der Waals surface area contributed by atoms with E-state index in [4.69, 9.17) is 28.9 Å². The summed E-state index contributed by atoms with van der Waals surface area (Å²) in [7, 11) is 0.